The zero-order chi connectivity index (χ0) is 12.3. The minimum absolute atomic E-state index is 0.478. The Bertz CT molecular complexity index is 271. The summed E-state index contributed by atoms with van der Waals surface area (Å²) in [5.74, 6) is 0.665. The van der Waals surface area contributed by atoms with Gasteiger partial charge in [0, 0.05) is 18.6 Å². The predicted octanol–water partition coefficient (Wildman–Crippen LogP) is 1.32. The highest BCUT2D eigenvalue weighted by atomic mass is 15.2. The zero-order valence-electron chi connectivity index (χ0n) is 11.2. The molecule has 2 rings (SSSR count). The first kappa shape index (κ1) is 12.7. The molecule has 0 aromatic carbocycles. The summed E-state index contributed by atoms with van der Waals surface area (Å²) in [4.78, 5) is 6.99. The fourth-order valence-corrected chi connectivity index (χ4v) is 2.90. The van der Waals surface area contributed by atoms with Crippen LogP contribution in [0.25, 0.3) is 0 Å². The van der Waals surface area contributed by atoms with Gasteiger partial charge in [0.25, 0.3) is 0 Å². The third-order valence-electron chi connectivity index (χ3n) is 4.21. The summed E-state index contributed by atoms with van der Waals surface area (Å²) < 4.78 is 0. The molecule has 0 aromatic rings. The van der Waals surface area contributed by atoms with Gasteiger partial charge in [-0.15, -0.1) is 0 Å². The van der Waals surface area contributed by atoms with Gasteiger partial charge in [-0.25, -0.2) is 0 Å². The molecule has 2 unspecified atom stereocenters. The molecule has 2 atom stereocenters. The number of nitrogens with zero attached hydrogens (tertiary/aromatic N) is 2. The summed E-state index contributed by atoms with van der Waals surface area (Å²) in [5.41, 5.74) is 5.99. The standard InChI is InChI=1S/C13H26N4/c1-10-9-12(7-8-17(10)2)16-13(14)15-11-5-3-4-6-11/h10-12H,3-9H2,1-2H3,(H3,14,15,16). The first-order chi connectivity index (χ1) is 8.15. The van der Waals surface area contributed by atoms with Gasteiger partial charge < -0.3 is 16.0 Å². The van der Waals surface area contributed by atoms with Crippen molar-refractivity contribution in [3.05, 3.63) is 0 Å². The van der Waals surface area contributed by atoms with Crippen LogP contribution in [-0.4, -0.2) is 42.6 Å². The number of hydrogen-bond donors (Lipinski definition) is 2. The molecule has 0 bridgehead atoms. The summed E-state index contributed by atoms with van der Waals surface area (Å²) in [7, 11) is 2.19. The highest BCUT2D eigenvalue weighted by Crippen LogP contribution is 2.21. The number of likely N-dealkylation sites (tertiary alicyclic amines) is 1. The minimum Gasteiger partial charge on any atom is -0.370 e. The van der Waals surface area contributed by atoms with Gasteiger partial charge in [-0.1, -0.05) is 12.8 Å². The molecule has 1 saturated heterocycles. The summed E-state index contributed by atoms with van der Waals surface area (Å²) in [6.07, 6.45) is 7.39. The Labute approximate surface area is 105 Å². The number of piperidine rings is 1. The lowest BCUT2D eigenvalue weighted by molar-refractivity contribution is 0.177. The Kier molecular flexibility index (Phi) is 4.26. The number of rotatable bonds is 2. The van der Waals surface area contributed by atoms with E-state index >= 15 is 0 Å². The van der Waals surface area contributed by atoms with Crippen LogP contribution in [0.15, 0.2) is 4.99 Å². The summed E-state index contributed by atoms with van der Waals surface area (Å²) >= 11 is 0. The SMILES string of the molecule is CC1CC(NC(N)=NC2CCCC2)CCN1C. The highest BCUT2D eigenvalue weighted by molar-refractivity contribution is 5.78. The van der Waals surface area contributed by atoms with E-state index in [0.717, 1.165) is 13.0 Å². The van der Waals surface area contributed by atoms with Gasteiger partial charge in [0.2, 0.25) is 0 Å². The lowest BCUT2D eigenvalue weighted by Gasteiger charge is -2.35. The molecule has 98 valence electrons. The molecule has 0 aromatic heterocycles. The molecule has 1 aliphatic heterocycles. The van der Waals surface area contributed by atoms with Crippen LogP contribution >= 0.6 is 0 Å². The third-order valence-corrected chi connectivity index (χ3v) is 4.21. The number of aliphatic imine (C=N–C) groups is 1. The Morgan fingerprint density at radius 3 is 2.65 bits per heavy atom. The van der Waals surface area contributed by atoms with E-state index in [2.05, 4.69) is 29.2 Å². The summed E-state index contributed by atoms with van der Waals surface area (Å²) in [6.45, 7) is 3.42. The van der Waals surface area contributed by atoms with Crippen molar-refractivity contribution in [1.29, 1.82) is 0 Å². The molecule has 1 heterocycles. The maximum atomic E-state index is 5.99. The third kappa shape index (κ3) is 3.60. The largest absolute Gasteiger partial charge is 0.370 e. The van der Waals surface area contributed by atoms with E-state index in [9.17, 15) is 0 Å². The van der Waals surface area contributed by atoms with Crippen LogP contribution in [0.4, 0.5) is 0 Å². The minimum atomic E-state index is 0.478. The first-order valence-corrected chi connectivity index (χ1v) is 6.95. The molecule has 17 heavy (non-hydrogen) atoms. The lowest BCUT2D eigenvalue weighted by atomic mass is 9.99. The number of guanidine groups is 1. The molecule has 0 spiro atoms. The van der Waals surface area contributed by atoms with Crippen molar-refractivity contribution >= 4 is 5.96 Å². The second-order valence-corrected chi connectivity index (χ2v) is 5.65. The summed E-state index contributed by atoms with van der Waals surface area (Å²) in [6, 6.07) is 1.62. The van der Waals surface area contributed by atoms with Crippen LogP contribution in [0.2, 0.25) is 0 Å². The van der Waals surface area contributed by atoms with Crippen LogP contribution in [0.5, 0.6) is 0 Å². The molecule has 3 N–H and O–H groups in total. The van der Waals surface area contributed by atoms with Crippen molar-refractivity contribution < 1.29 is 0 Å². The molecule has 1 saturated carbocycles. The molecular weight excluding hydrogens is 212 g/mol. The molecule has 4 heteroatoms. The van der Waals surface area contributed by atoms with Crippen molar-refractivity contribution in [2.45, 2.75) is 63.6 Å². The van der Waals surface area contributed by atoms with Crippen LogP contribution < -0.4 is 11.1 Å². The van der Waals surface area contributed by atoms with Crippen molar-refractivity contribution in [3.8, 4) is 0 Å². The molecule has 2 fully saturated rings. The van der Waals surface area contributed by atoms with E-state index in [-0.39, 0.29) is 0 Å². The monoisotopic (exact) mass is 238 g/mol. The van der Waals surface area contributed by atoms with Crippen LogP contribution in [0.1, 0.15) is 45.4 Å². The van der Waals surface area contributed by atoms with Gasteiger partial charge in [-0.05, 0) is 39.7 Å². The van der Waals surface area contributed by atoms with Gasteiger partial charge in [0.05, 0.1) is 6.04 Å². The van der Waals surface area contributed by atoms with Crippen molar-refractivity contribution in [3.63, 3.8) is 0 Å². The average Bonchev–Trinajstić information content (AvgIpc) is 2.76. The van der Waals surface area contributed by atoms with Crippen molar-refractivity contribution in [1.82, 2.24) is 10.2 Å². The van der Waals surface area contributed by atoms with Crippen molar-refractivity contribution in [2.24, 2.45) is 10.7 Å². The Morgan fingerprint density at radius 2 is 2.00 bits per heavy atom. The van der Waals surface area contributed by atoms with E-state index in [1.165, 1.54) is 32.1 Å². The van der Waals surface area contributed by atoms with E-state index in [0.29, 0.717) is 24.1 Å². The van der Waals surface area contributed by atoms with Crippen molar-refractivity contribution in [2.75, 3.05) is 13.6 Å². The lowest BCUT2D eigenvalue weighted by Crippen LogP contribution is -2.49. The van der Waals surface area contributed by atoms with Crippen LogP contribution in [0, 0.1) is 0 Å². The number of nitrogens with two attached hydrogens (primary N) is 1. The highest BCUT2D eigenvalue weighted by Gasteiger charge is 2.23. The van der Waals surface area contributed by atoms with E-state index in [1.807, 2.05) is 0 Å². The number of hydrogen-bond acceptors (Lipinski definition) is 2. The molecule has 0 amide bonds. The van der Waals surface area contributed by atoms with E-state index in [1.54, 1.807) is 0 Å². The topological polar surface area (TPSA) is 53.6 Å². The Hall–Kier alpha value is -0.770. The van der Waals surface area contributed by atoms with E-state index in [4.69, 9.17) is 5.73 Å². The fraction of sp³-hybridized carbons (Fsp3) is 0.923. The summed E-state index contributed by atoms with van der Waals surface area (Å²) in [5, 5.41) is 3.40. The molecule has 0 radical (unpaired) electrons. The maximum Gasteiger partial charge on any atom is 0.189 e. The molecular formula is C13H26N4. The van der Waals surface area contributed by atoms with Gasteiger partial charge in [-0.3, -0.25) is 4.99 Å². The quantitative estimate of drug-likeness (QED) is 0.563. The predicted molar refractivity (Wildman–Crippen MR) is 72.1 cm³/mol. The smallest absolute Gasteiger partial charge is 0.189 e. The van der Waals surface area contributed by atoms with Gasteiger partial charge in [-0.2, -0.15) is 0 Å². The Morgan fingerprint density at radius 1 is 1.29 bits per heavy atom. The first-order valence-electron chi connectivity index (χ1n) is 6.95. The average molecular weight is 238 g/mol. The van der Waals surface area contributed by atoms with Crippen LogP contribution in [0.3, 0.4) is 0 Å². The van der Waals surface area contributed by atoms with Gasteiger partial charge in [0.15, 0.2) is 5.96 Å². The second-order valence-electron chi connectivity index (χ2n) is 5.65. The second kappa shape index (κ2) is 5.71. The number of nitrogens with one attached hydrogen (secondary N) is 1. The Balaban J connectivity index is 1.79. The normalized spacial score (nSPS) is 32.9. The maximum absolute atomic E-state index is 5.99. The van der Waals surface area contributed by atoms with E-state index < -0.39 is 0 Å². The molecule has 2 aliphatic rings. The van der Waals surface area contributed by atoms with Gasteiger partial charge >= 0.3 is 0 Å². The molecule has 1 aliphatic carbocycles. The molecule has 4 nitrogen and oxygen atoms in total. The fourth-order valence-electron chi connectivity index (χ4n) is 2.90. The van der Waals surface area contributed by atoms with Crippen LogP contribution in [-0.2, 0) is 0 Å². The van der Waals surface area contributed by atoms with Gasteiger partial charge in [0.1, 0.15) is 0 Å². The zero-order valence-corrected chi connectivity index (χ0v) is 11.2.